The molecule has 0 N–H and O–H groups in total. The first-order valence-electron chi connectivity index (χ1n) is 8.44. The van der Waals surface area contributed by atoms with E-state index < -0.39 is 0 Å². The maximum atomic E-state index is 13.1. The van der Waals surface area contributed by atoms with Crippen molar-refractivity contribution in [3.05, 3.63) is 35.7 Å². The van der Waals surface area contributed by atoms with Crippen LogP contribution in [0, 0.1) is 0 Å². The fraction of sp³-hybridized carbons (Fsp3) is 0.444. The zero-order valence-corrected chi connectivity index (χ0v) is 14.4. The second-order valence-electron chi connectivity index (χ2n) is 6.31. The number of likely N-dealkylation sites (tertiary alicyclic amines) is 1. The number of rotatable bonds is 3. The van der Waals surface area contributed by atoms with Gasteiger partial charge in [-0.1, -0.05) is 0 Å². The molecule has 2 aliphatic heterocycles. The molecule has 1 fully saturated rings. The maximum absolute atomic E-state index is 13.1. The first kappa shape index (κ1) is 15.8. The molecule has 0 aliphatic carbocycles. The molecule has 0 radical (unpaired) electrons. The molecule has 1 aromatic heterocycles. The van der Waals surface area contributed by atoms with Crippen LogP contribution in [0.5, 0.6) is 17.2 Å². The number of carbonyl (C=O) groups excluding carboxylic acids is 1. The fourth-order valence-electron chi connectivity index (χ4n) is 3.53. The predicted octanol–water partition coefficient (Wildman–Crippen LogP) is 2.18. The van der Waals surface area contributed by atoms with E-state index in [0.29, 0.717) is 36.0 Å². The Morgan fingerprint density at radius 2 is 2.16 bits per heavy atom. The van der Waals surface area contributed by atoms with Gasteiger partial charge < -0.3 is 19.1 Å². The summed E-state index contributed by atoms with van der Waals surface area (Å²) in [6.45, 7) is 1.68. The third kappa shape index (κ3) is 2.79. The number of hydrogen-bond acceptors (Lipinski definition) is 5. The van der Waals surface area contributed by atoms with Crippen molar-refractivity contribution in [2.75, 3.05) is 26.9 Å². The van der Waals surface area contributed by atoms with Crippen LogP contribution in [-0.2, 0) is 7.05 Å². The summed E-state index contributed by atoms with van der Waals surface area (Å²) in [7, 11) is 3.45. The van der Waals surface area contributed by atoms with E-state index in [9.17, 15) is 4.79 Å². The lowest BCUT2D eigenvalue weighted by Crippen LogP contribution is -2.30. The Kier molecular flexibility index (Phi) is 3.99. The SMILES string of the molecule is COc1cc(C(=O)N2CCCC2c2cnn(C)c2)cc2c1OCCO2. The molecule has 1 atom stereocenters. The maximum Gasteiger partial charge on any atom is 0.254 e. The number of carbonyl (C=O) groups is 1. The fourth-order valence-corrected chi connectivity index (χ4v) is 3.53. The van der Waals surface area contributed by atoms with Gasteiger partial charge >= 0.3 is 0 Å². The van der Waals surface area contributed by atoms with Gasteiger partial charge in [-0.05, 0) is 25.0 Å². The van der Waals surface area contributed by atoms with E-state index >= 15 is 0 Å². The molecule has 132 valence electrons. The van der Waals surface area contributed by atoms with Gasteiger partial charge in [-0.2, -0.15) is 5.10 Å². The van der Waals surface area contributed by atoms with Crippen LogP contribution in [0.25, 0.3) is 0 Å². The number of aryl methyl sites for hydroxylation is 1. The van der Waals surface area contributed by atoms with Crippen LogP contribution >= 0.6 is 0 Å². The summed E-state index contributed by atoms with van der Waals surface area (Å²) in [5, 5.41) is 4.23. The number of hydrogen-bond donors (Lipinski definition) is 0. The molecule has 25 heavy (non-hydrogen) atoms. The van der Waals surface area contributed by atoms with E-state index in [0.717, 1.165) is 24.9 Å². The number of benzene rings is 1. The number of amides is 1. The van der Waals surface area contributed by atoms with Crippen LogP contribution in [0.4, 0.5) is 0 Å². The molecule has 2 aromatic rings. The molecule has 7 nitrogen and oxygen atoms in total. The third-order valence-corrected chi connectivity index (χ3v) is 4.70. The zero-order chi connectivity index (χ0) is 17.4. The third-order valence-electron chi connectivity index (χ3n) is 4.70. The van der Waals surface area contributed by atoms with Crippen molar-refractivity contribution in [2.24, 2.45) is 7.05 Å². The van der Waals surface area contributed by atoms with Gasteiger partial charge in [-0.3, -0.25) is 9.48 Å². The van der Waals surface area contributed by atoms with Crippen molar-refractivity contribution in [1.82, 2.24) is 14.7 Å². The standard InChI is InChI=1S/C18H21N3O4/c1-20-11-13(10-19-20)14-4-3-5-21(14)18(22)12-8-15(23-2)17-16(9-12)24-6-7-25-17/h8-11,14H,3-7H2,1-2H3. The van der Waals surface area contributed by atoms with Crippen molar-refractivity contribution < 1.29 is 19.0 Å². The summed E-state index contributed by atoms with van der Waals surface area (Å²) >= 11 is 0. The number of nitrogens with zero attached hydrogens (tertiary/aromatic N) is 3. The highest BCUT2D eigenvalue weighted by Crippen LogP contribution is 2.41. The molecule has 4 rings (SSSR count). The molecule has 1 amide bonds. The normalized spacial score (nSPS) is 19.1. The Balaban J connectivity index is 1.66. The van der Waals surface area contributed by atoms with E-state index in [-0.39, 0.29) is 11.9 Å². The Morgan fingerprint density at radius 1 is 1.32 bits per heavy atom. The van der Waals surface area contributed by atoms with Gasteiger partial charge in [0.05, 0.1) is 19.3 Å². The molecule has 0 saturated carbocycles. The van der Waals surface area contributed by atoms with Crippen molar-refractivity contribution in [3.8, 4) is 17.2 Å². The van der Waals surface area contributed by atoms with Gasteiger partial charge in [0.1, 0.15) is 13.2 Å². The number of aromatic nitrogens is 2. The Labute approximate surface area is 146 Å². The molecule has 2 aliphatic rings. The van der Waals surface area contributed by atoms with E-state index in [1.54, 1.807) is 23.9 Å². The van der Waals surface area contributed by atoms with Crippen molar-refractivity contribution in [3.63, 3.8) is 0 Å². The van der Waals surface area contributed by atoms with Gasteiger partial charge in [0.25, 0.3) is 5.91 Å². The molecule has 1 aromatic carbocycles. The van der Waals surface area contributed by atoms with Gasteiger partial charge in [0, 0.05) is 30.9 Å². The van der Waals surface area contributed by atoms with Crippen LogP contribution in [0.3, 0.4) is 0 Å². The van der Waals surface area contributed by atoms with Crippen LogP contribution in [0.2, 0.25) is 0 Å². The molecule has 1 saturated heterocycles. The second kappa shape index (κ2) is 6.31. The largest absolute Gasteiger partial charge is 0.493 e. The van der Waals surface area contributed by atoms with Crippen LogP contribution in [-0.4, -0.2) is 47.5 Å². The number of fused-ring (bicyclic) bond motifs is 1. The Morgan fingerprint density at radius 3 is 2.92 bits per heavy atom. The zero-order valence-electron chi connectivity index (χ0n) is 14.4. The minimum Gasteiger partial charge on any atom is -0.493 e. The first-order valence-corrected chi connectivity index (χ1v) is 8.44. The summed E-state index contributed by atoms with van der Waals surface area (Å²) in [4.78, 5) is 15.0. The minimum absolute atomic E-state index is 0.0263. The monoisotopic (exact) mass is 343 g/mol. The summed E-state index contributed by atoms with van der Waals surface area (Å²) in [5.74, 6) is 1.63. The average Bonchev–Trinajstić information content (AvgIpc) is 3.28. The highest BCUT2D eigenvalue weighted by atomic mass is 16.6. The lowest BCUT2D eigenvalue weighted by Gasteiger charge is -2.26. The van der Waals surface area contributed by atoms with Gasteiger partial charge in [0.15, 0.2) is 11.5 Å². The van der Waals surface area contributed by atoms with E-state index in [1.165, 1.54) is 0 Å². The highest BCUT2D eigenvalue weighted by Gasteiger charge is 2.32. The van der Waals surface area contributed by atoms with Crippen LogP contribution < -0.4 is 14.2 Å². The molecule has 1 unspecified atom stereocenters. The van der Waals surface area contributed by atoms with E-state index in [2.05, 4.69) is 5.10 Å². The van der Waals surface area contributed by atoms with Crippen LogP contribution in [0.15, 0.2) is 24.5 Å². The highest BCUT2D eigenvalue weighted by molar-refractivity contribution is 5.96. The summed E-state index contributed by atoms with van der Waals surface area (Å²) in [6, 6.07) is 3.53. The second-order valence-corrected chi connectivity index (χ2v) is 6.31. The quantitative estimate of drug-likeness (QED) is 0.855. The average molecular weight is 343 g/mol. The topological polar surface area (TPSA) is 65.8 Å². The molecule has 3 heterocycles. The Hall–Kier alpha value is -2.70. The Bertz CT molecular complexity index is 784. The summed E-state index contributed by atoms with van der Waals surface area (Å²) in [6.07, 6.45) is 5.73. The molecular formula is C18H21N3O4. The predicted molar refractivity (Wildman–Crippen MR) is 90.2 cm³/mol. The van der Waals surface area contributed by atoms with Crippen molar-refractivity contribution in [1.29, 1.82) is 0 Å². The van der Waals surface area contributed by atoms with Gasteiger partial charge in [-0.25, -0.2) is 0 Å². The summed E-state index contributed by atoms with van der Waals surface area (Å²) < 4.78 is 18.4. The van der Waals surface area contributed by atoms with Crippen molar-refractivity contribution in [2.45, 2.75) is 18.9 Å². The lowest BCUT2D eigenvalue weighted by molar-refractivity contribution is 0.0734. The van der Waals surface area contributed by atoms with Gasteiger partial charge in [-0.15, -0.1) is 0 Å². The number of ether oxygens (including phenoxy) is 3. The van der Waals surface area contributed by atoms with E-state index in [4.69, 9.17) is 14.2 Å². The summed E-state index contributed by atoms with van der Waals surface area (Å²) in [5.41, 5.74) is 1.62. The minimum atomic E-state index is -0.0263. The molecule has 7 heteroatoms. The lowest BCUT2D eigenvalue weighted by atomic mass is 10.1. The molecular weight excluding hydrogens is 322 g/mol. The van der Waals surface area contributed by atoms with Gasteiger partial charge in [0.2, 0.25) is 5.75 Å². The smallest absolute Gasteiger partial charge is 0.254 e. The first-order chi connectivity index (χ1) is 12.2. The molecule has 0 spiro atoms. The molecule has 0 bridgehead atoms. The number of methoxy groups -OCH3 is 1. The van der Waals surface area contributed by atoms with Crippen molar-refractivity contribution >= 4 is 5.91 Å². The van der Waals surface area contributed by atoms with Crippen LogP contribution in [0.1, 0.15) is 34.8 Å². The van der Waals surface area contributed by atoms with E-state index in [1.807, 2.05) is 24.3 Å².